The van der Waals surface area contributed by atoms with Crippen LogP contribution in [0.4, 0.5) is 36.3 Å². The Morgan fingerprint density at radius 3 is 2.35 bits per heavy atom. The molecule has 0 spiro atoms. The van der Waals surface area contributed by atoms with Crippen LogP contribution in [0.3, 0.4) is 0 Å². The first kappa shape index (κ1) is 36.5. The van der Waals surface area contributed by atoms with Crippen LogP contribution in [0.5, 0.6) is 5.75 Å². The summed E-state index contributed by atoms with van der Waals surface area (Å²) in [4.78, 5) is 57.8. The molecule has 2 fully saturated rings. The van der Waals surface area contributed by atoms with Crippen molar-refractivity contribution in [2.75, 3.05) is 51.0 Å². The highest BCUT2D eigenvalue weighted by atomic mass is 31.2. The van der Waals surface area contributed by atoms with Crippen LogP contribution in [0.2, 0.25) is 0 Å². The molecule has 3 heterocycles. The van der Waals surface area contributed by atoms with Crippen molar-refractivity contribution in [3.63, 3.8) is 0 Å². The lowest BCUT2D eigenvalue weighted by Crippen LogP contribution is -2.52. The molecule has 0 radical (unpaired) electrons. The van der Waals surface area contributed by atoms with Gasteiger partial charge in [-0.05, 0) is 66.5 Å². The minimum atomic E-state index is -4.82. The van der Waals surface area contributed by atoms with Gasteiger partial charge in [0.2, 0.25) is 11.9 Å². The van der Waals surface area contributed by atoms with Gasteiger partial charge < -0.3 is 35.0 Å². The summed E-state index contributed by atoms with van der Waals surface area (Å²) in [6.45, 7) is 5.10. The standard InChI is InChI=1S/C34H41F3N7O6P/c1-20(45)43-12-14-44(15-13-43)23-7-5-22(6-8-23)24-9-11-28(30-25(24)18-42(2)32(30)46)39-31-26(34(35,36)37)17-38-33(41-31)40-27-10-4-21(16-29(27)50-3)19-51(47,48)49/h4,9-11,16-17,22-23H,5-8,12-15,18-19H2,1-3H3,(H2,47,48,49)(H2,38,39,40,41)/t22-,23-. The van der Waals surface area contributed by atoms with Crippen molar-refractivity contribution < 1.29 is 41.8 Å². The third kappa shape index (κ3) is 8.14. The van der Waals surface area contributed by atoms with Gasteiger partial charge in [0, 0.05) is 58.9 Å². The van der Waals surface area contributed by atoms with E-state index in [-0.39, 0.29) is 40.8 Å². The molecule has 2 aromatic carbocycles. The number of carbonyl (C=O) groups excluding carboxylic acids is 2. The molecule has 274 valence electrons. The van der Waals surface area contributed by atoms with E-state index in [2.05, 4.69) is 25.5 Å². The predicted octanol–water partition coefficient (Wildman–Crippen LogP) is 5.44. The molecule has 1 saturated carbocycles. The molecule has 0 atom stereocenters. The number of nitrogens with zero attached hydrogens (tertiary/aromatic N) is 5. The number of methoxy groups -OCH3 is 1. The first-order valence-electron chi connectivity index (χ1n) is 16.7. The number of fused-ring (bicyclic) bond motifs is 1. The van der Waals surface area contributed by atoms with E-state index in [1.54, 1.807) is 24.9 Å². The monoisotopic (exact) mass is 731 g/mol. The third-order valence-corrected chi connectivity index (χ3v) is 10.7. The van der Waals surface area contributed by atoms with Crippen LogP contribution in [0.15, 0.2) is 36.5 Å². The Morgan fingerprint density at radius 2 is 1.73 bits per heavy atom. The first-order chi connectivity index (χ1) is 24.1. The van der Waals surface area contributed by atoms with Crippen molar-refractivity contribution in [2.45, 2.75) is 63.4 Å². The number of hydrogen-bond donors (Lipinski definition) is 4. The largest absolute Gasteiger partial charge is 0.495 e. The number of amides is 2. The van der Waals surface area contributed by atoms with Gasteiger partial charge >= 0.3 is 13.8 Å². The molecule has 0 bridgehead atoms. The zero-order valence-electron chi connectivity index (χ0n) is 28.5. The lowest BCUT2D eigenvalue weighted by molar-refractivity contribution is -0.137. The molecule has 6 rings (SSSR count). The van der Waals surface area contributed by atoms with Crippen molar-refractivity contribution >= 4 is 42.6 Å². The number of rotatable bonds is 9. The van der Waals surface area contributed by atoms with Crippen molar-refractivity contribution in [3.05, 3.63) is 64.3 Å². The van der Waals surface area contributed by atoms with Gasteiger partial charge in [-0.1, -0.05) is 12.1 Å². The summed E-state index contributed by atoms with van der Waals surface area (Å²) >= 11 is 0. The number of alkyl halides is 3. The molecule has 1 aliphatic carbocycles. The molecular weight excluding hydrogens is 690 g/mol. The summed E-state index contributed by atoms with van der Waals surface area (Å²) in [7, 11) is -1.35. The van der Waals surface area contributed by atoms with Crippen LogP contribution in [0.25, 0.3) is 0 Å². The Bertz CT molecular complexity index is 1860. The smallest absolute Gasteiger partial charge is 0.421 e. The molecule has 51 heavy (non-hydrogen) atoms. The second-order valence-corrected chi connectivity index (χ2v) is 15.0. The summed E-state index contributed by atoms with van der Waals surface area (Å²) in [6, 6.07) is 8.29. The van der Waals surface area contributed by atoms with Crippen LogP contribution < -0.4 is 15.4 Å². The van der Waals surface area contributed by atoms with Crippen LogP contribution in [0.1, 0.15) is 71.1 Å². The first-order valence-corrected chi connectivity index (χ1v) is 18.5. The average molecular weight is 732 g/mol. The van der Waals surface area contributed by atoms with Crippen molar-refractivity contribution in [1.82, 2.24) is 24.7 Å². The number of halogens is 3. The molecule has 3 aliphatic rings. The fourth-order valence-electron chi connectivity index (χ4n) is 7.39. The SMILES string of the molecule is COc1cc(CP(=O)(O)O)ccc1Nc1ncc(C(F)(F)F)c(Nc2ccc([C@H]3CC[C@H](N4CCN(C(C)=O)CC4)CC3)c3c2C(=O)N(C)C3)n1. The highest BCUT2D eigenvalue weighted by Crippen LogP contribution is 2.44. The highest BCUT2D eigenvalue weighted by Gasteiger charge is 2.38. The summed E-state index contributed by atoms with van der Waals surface area (Å²) in [6.07, 6.45) is -0.904. The van der Waals surface area contributed by atoms with E-state index in [1.165, 1.54) is 25.3 Å². The number of piperazine rings is 1. The summed E-state index contributed by atoms with van der Waals surface area (Å²) in [5.41, 5.74) is 1.78. The quantitative estimate of drug-likeness (QED) is 0.208. The van der Waals surface area contributed by atoms with Crippen LogP contribution in [0, 0.1) is 0 Å². The molecule has 2 amide bonds. The molecule has 1 saturated heterocycles. The normalized spacial score (nSPS) is 20.0. The third-order valence-electron chi connectivity index (χ3n) is 9.97. The molecule has 17 heteroatoms. The number of aromatic nitrogens is 2. The maximum Gasteiger partial charge on any atom is 0.421 e. The number of benzene rings is 2. The Morgan fingerprint density at radius 1 is 1.04 bits per heavy atom. The molecular formula is C34H41F3N7O6P. The topological polar surface area (TPSA) is 160 Å². The lowest BCUT2D eigenvalue weighted by atomic mass is 9.78. The van der Waals surface area contributed by atoms with E-state index in [1.807, 2.05) is 11.0 Å². The number of carbonyl (C=O) groups is 2. The highest BCUT2D eigenvalue weighted by molar-refractivity contribution is 7.50. The fraction of sp³-hybridized carbons (Fsp3) is 0.471. The Hall–Kier alpha value is -4.24. The maximum absolute atomic E-state index is 14.2. The minimum Gasteiger partial charge on any atom is -0.495 e. The zero-order chi connectivity index (χ0) is 36.7. The molecule has 1 aromatic heterocycles. The predicted molar refractivity (Wildman–Crippen MR) is 183 cm³/mol. The van der Waals surface area contributed by atoms with Crippen LogP contribution >= 0.6 is 7.60 Å². The number of anilines is 4. The fourth-order valence-corrected chi connectivity index (χ4v) is 8.06. The van der Waals surface area contributed by atoms with Gasteiger partial charge in [-0.2, -0.15) is 18.2 Å². The lowest BCUT2D eigenvalue weighted by Gasteiger charge is -2.42. The van der Waals surface area contributed by atoms with E-state index in [0.29, 0.717) is 29.9 Å². The Balaban J connectivity index is 1.24. The number of ether oxygens (including phenoxy) is 1. The van der Waals surface area contributed by atoms with Gasteiger partial charge in [-0.25, -0.2) is 4.98 Å². The van der Waals surface area contributed by atoms with Crippen molar-refractivity contribution in [3.8, 4) is 5.75 Å². The summed E-state index contributed by atoms with van der Waals surface area (Å²) < 4.78 is 59.5. The number of hydrogen-bond acceptors (Lipinski definition) is 9. The van der Waals surface area contributed by atoms with E-state index in [0.717, 1.165) is 63.0 Å². The van der Waals surface area contributed by atoms with E-state index in [4.69, 9.17) is 4.74 Å². The van der Waals surface area contributed by atoms with Crippen LogP contribution in [-0.2, 0) is 28.2 Å². The minimum absolute atomic E-state index is 0.0995. The molecule has 3 aromatic rings. The molecule has 0 unspecified atom stereocenters. The summed E-state index contributed by atoms with van der Waals surface area (Å²) in [5.74, 6) is -0.589. The number of nitrogens with one attached hydrogen (secondary N) is 2. The van der Waals surface area contributed by atoms with Crippen molar-refractivity contribution in [1.29, 1.82) is 0 Å². The van der Waals surface area contributed by atoms with Gasteiger partial charge in [-0.15, -0.1) is 0 Å². The second kappa shape index (κ2) is 14.4. The van der Waals surface area contributed by atoms with E-state index in [9.17, 15) is 37.1 Å². The molecule has 4 N–H and O–H groups in total. The van der Waals surface area contributed by atoms with Gasteiger partial charge in [0.1, 0.15) is 17.1 Å². The van der Waals surface area contributed by atoms with Gasteiger partial charge in [0.25, 0.3) is 5.91 Å². The van der Waals surface area contributed by atoms with Gasteiger partial charge in [0.05, 0.1) is 30.2 Å². The van der Waals surface area contributed by atoms with Crippen molar-refractivity contribution in [2.24, 2.45) is 0 Å². The second-order valence-electron chi connectivity index (χ2n) is 13.3. The average Bonchev–Trinajstić information content (AvgIpc) is 3.38. The Kier molecular flexibility index (Phi) is 10.3. The van der Waals surface area contributed by atoms with Gasteiger partial charge in [-0.3, -0.25) is 19.1 Å². The molecule has 13 nitrogen and oxygen atoms in total. The van der Waals surface area contributed by atoms with E-state index < -0.39 is 31.3 Å². The maximum atomic E-state index is 14.2. The zero-order valence-corrected chi connectivity index (χ0v) is 29.4. The van der Waals surface area contributed by atoms with Crippen LogP contribution in [-0.4, -0.2) is 92.6 Å². The van der Waals surface area contributed by atoms with Gasteiger partial charge in [0.15, 0.2) is 0 Å². The van der Waals surface area contributed by atoms with E-state index >= 15 is 0 Å². The molecule has 2 aliphatic heterocycles. The Labute approximate surface area is 293 Å². The summed E-state index contributed by atoms with van der Waals surface area (Å²) in [5, 5.41) is 5.63.